The van der Waals surface area contributed by atoms with E-state index in [9.17, 15) is 13.6 Å². The Labute approximate surface area is 127 Å². The fraction of sp³-hybridized carbons (Fsp3) is 0.0667. The Bertz CT molecular complexity index is 985. The first-order chi connectivity index (χ1) is 10.5. The third-order valence-electron chi connectivity index (χ3n) is 3.14. The smallest absolute Gasteiger partial charge is 0.198 e. The number of aromatic nitrogens is 2. The van der Waals surface area contributed by atoms with Gasteiger partial charge in [-0.3, -0.25) is 4.79 Å². The first-order valence-corrected chi connectivity index (χ1v) is 7.00. The van der Waals surface area contributed by atoms with Crippen LogP contribution in [0.1, 0.15) is 0 Å². The maximum Gasteiger partial charge on any atom is 0.198 e. The minimum atomic E-state index is -0.835. The van der Waals surface area contributed by atoms with E-state index < -0.39 is 17.1 Å². The Morgan fingerprint density at radius 2 is 2.18 bits per heavy atom. The number of fused-ring (bicyclic) bond motifs is 1. The lowest BCUT2D eigenvalue weighted by molar-refractivity contribution is 0.586. The molecule has 4 nitrogen and oxygen atoms in total. The summed E-state index contributed by atoms with van der Waals surface area (Å²) in [7, 11) is 0. The number of nitrogen functional groups attached to an aromatic ring is 1. The molecule has 0 saturated heterocycles. The number of thiazole rings is 1. The van der Waals surface area contributed by atoms with Crippen LogP contribution in [0.25, 0.3) is 21.3 Å². The maximum absolute atomic E-state index is 14.1. The Kier molecular flexibility index (Phi) is 3.39. The summed E-state index contributed by atoms with van der Waals surface area (Å²) >= 11 is 1.11. The van der Waals surface area contributed by atoms with Gasteiger partial charge in [0.05, 0.1) is 27.9 Å². The lowest BCUT2D eigenvalue weighted by Gasteiger charge is -2.11. The van der Waals surface area contributed by atoms with Crippen molar-refractivity contribution in [1.82, 2.24) is 9.55 Å². The SMILES string of the molecule is C#CCn1cc(-c2cnc(N)s2)c(=O)c2cc(F)cc(F)c21. The quantitative estimate of drug-likeness (QED) is 0.739. The highest BCUT2D eigenvalue weighted by Gasteiger charge is 2.16. The summed E-state index contributed by atoms with van der Waals surface area (Å²) in [6, 6.07) is 1.72. The van der Waals surface area contributed by atoms with Gasteiger partial charge in [0.2, 0.25) is 0 Å². The summed E-state index contributed by atoms with van der Waals surface area (Å²) in [5.41, 5.74) is 5.30. The van der Waals surface area contributed by atoms with Crippen LogP contribution >= 0.6 is 11.3 Å². The molecule has 0 aliphatic carbocycles. The molecule has 22 heavy (non-hydrogen) atoms. The number of benzene rings is 1. The summed E-state index contributed by atoms with van der Waals surface area (Å²) in [4.78, 5) is 16.9. The number of anilines is 1. The van der Waals surface area contributed by atoms with E-state index in [1.807, 2.05) is 0 Å². The van der Waals surface area contributed by atoms with Gasteiger partial charge in [-0.25, -0.2) is 13.8 Å². The van der Waals surface area contributed by atoms with Crippen LogP contribution in [0.5, 0.6) is 0 Å². The number of nitrogens with zero attached hydrogens (tertiary/aromatic N) is 2. The molecule has 0 unspecified atom stereocenters. The van der Waals surface area contributed by atoms with Gasteiger partial charge in [-0.15, -0.1) is 6.42 Å². The average molecular weight is 317 g/mol. The summed E-state index contributed by atoms with van der Waals surface area (Å²) in [6.45, 7) is 0.0423. The van der Waals surface area contributed by atoms with Crippen molar-refractivity contribution in [1.29, 1.82) is 0 Å². The first-order valence-electron chi connectivity index (χ1n) is 6.18. The van der Waals surface area contributed by atoms with Crippen LogP contribution in [0.3, 0.4) is 0 Å². The van der Waals surface area contributed by atoms with Crippen LogP contribution in [0.2, 0.25) is 0 Å². The van der Waals surface area contributed by atoms with Crippen LogP contribution in [0.4, 0.5) is 13.9 Å². The average Bonchev–Trinajstić information content (AvgIpc) is 2.88. The van der Waals surface area contributed by atoms with Crippen molar-refractivity contribution in [3.05, 3.63) is 46.4 Å². The number of hydrogen-bond donors (Lipinski definition) is 1. The monoisotopic (exact) mass is 317 g/mol. The molecular formula is C15H9F2N3OS. The van der Waals surface area contributed by atoms with Gasteiger partial charge in [0.1, 0.15) is 5.82 Å². The highest BCUT2D eigenvalue weighted by Crippen LogP contribution is 2.27. The Morgan fingerprint density at radius 3 is 2.82 bits per heavy atom. The third-order valence-corrected chi connectivity index (χ3v) is 4.00. The molecule has 7 heteroatoms. The lowest BCUT2D eigenvalue weighted by atomic mass is 10.1. The standard InChI is InChI=1S/C15H9F2N3OS/c1-2-3-20-7-10(12-6-19-15(18)22-12)14(21)9-4-8(16)5-11(17)13(9)20/h1,4-7H,3H2,(H2,18,19). The highest BCUT2D eigenvalue weighted by atomic mass is 32.1. The fourth-order valence-electron chi connectivity index (χ4n) is 2.27. The summed E-state index contributed by atoms with van der Waals surface area (Å²) < 4.78 is 28.9. The molecule has 0 atom stereocenters. The van der Waals surface area contributed by atoms with Gasteiger partial charge in [0.25, 0.3) is 0 Å². The van der Waals surface area contributed by atoms with E-state index in [0.717, 1.165) is 23.5 Å². The molecule has 0 aliphatic rings. The first kappa shape index (κ1) is 14.2. The van der Waals surface area contributed by atoms with Gasteiger partial charge < -0.3 is 10.3 Å². The zero-order chi connectivity index (χ0) is 15.9. The molecule has 3 rings (SSSR count). The molecule has 110 valence electrons. The zero-order valence-corrected chi connectivity index (χ0v) is 12.0. The molecule has 0 fully saturated rings. The van der Waals surface area contributed by atoms with E-state index in [-0.39, 0.29) is 23.0 Å². The van der Waals surface area contributed by atoms with Gasteiger partial charge in [-0.05, 0) is 6.07 Å². The minimum Gasteiger partial charge on any atom is -0.375 e. The largest absolute Gasteiger partial charge is 0.375 e. The summed E-state index contributed by atoms with van der Waals surface area (Å²) in [5.74, 6) is 0.726. The van der Waals surface area contributed by atoms with Gasteiger partial charge in [-0.2, -0.15) is 0 Å². The van der Waals surface area contributed by atoms with Crippen LogP contribution < -0.4 is 11.2 Å². The molecule has 2 aromatic heterocycles. The van der Waals surface area contributed by atoms with E-state index in [1.54, 1.807) is 0 Å². The van der Waals surface area contributed by atoms with Gasteiger partial charge in [-0.1, -0.05) is 17.3 Å². The van der Waals surface area contributed by atoms with Gasteiger partial charge >= 0.3 is 0 Å². The van der Waals surface area contributed by atoms with Crippen molar-refractivity contribution in [3.8, 4) is 22.8 Å². The van der Waals surface area contributed by atoms with Crippen molar-refractivity contribution in [3.63, 3.8) is 0 Å². The summed E-state index contributed by atoms with van der Waals surface area (Å²) in [6.07, 6.45) is 8.17. The van der Waals surface area contributed by atoms with Crippen molar-refractivity contribution in [2.45, 2.75) is 6.54 Å². The number of halogens is 2. The third kappa shape index (κ3) is 2.23. The van der Waals surface area contributed by atoms with E-state index in [2.05, 4.69) is 10.9 Å². The number of nitrogens with two attached hydrogens (primary N) is 1. The second-order valence-electron chi connectivity index (χ2n) is 4.55. The molecule has 2 N–H and O–H groups in total. The number of rotatable bonds is 2. The predicted molar refractivity (Wildman–Crippen MR) is 82.5 cm³/mol. The Morgan fingerprint density at radius 1 is 1.41 bits per heavy atom. The normalized spacial score (nSPS) is 10.8. The van der Waals surface area contributed by atoms with Gasteiger partial charge in [0, 0.05) is 18.5 Å². The Hall–Kier alpha value is -2.72. The highest BCUT2D eigenvalue weighted by molar-refractivity contribution is 7.18. The molecule has 0 bridgehead atoms. The number of pyridine rings is 1. The van der Waals surface area contributed by atoms with Crippen LogP contribution in [-0.4, -0.2) is 9.55 Å². The van der Waals surface area contributed by atoms with E-state index in [0.29, 0.717) is 10.0 Å². The molecule has 0 saturated carbocycles. The molecular weight excluding hydrogens is 308 g/mol. The maximum atomic E-state index is 14.1. The second-order valence-corrected chi connectivity index (χ2v) is 5.61. The molecule has 1 aromatic carbocycles. The fourth-order valence-corrected chi connectivity index (χ4v) is 2.96. The molecule has 0 amide bonds. The van der Waals surface area contributed by atoms with Crippen molar-refractivity contribution < 1.29 is 8.78 Å². The molecule has 0 aliphatic heterocycles. The second kappa shape index (κ2) is 5.24. The molecule has 2 heterocycles. The minimum absolute atomic E-state index is 0.0226. The summed E-state index contributed by atoms with van der Waals surface area (Å²) in [5, 5.41) is 0.223. The van der Waals surface area contributed by atoms with E-state index >= 15 is 0 Å². The topological polar surface area (TPSA) is 60.9 Å². The molecule has 3 aromatic rings. The number of terminal acetylenes is 1. The number of hydrogen-bond acceptors (Lipinski definition) is 4. The predicted octanol–water partition coefficient (Wildman–Crippen LogP) is 2.62. The van der Waals surface area contributed by atoms with Crippen molar-refractivity contribution in [2.75, 3.05) is 5.73 Å². The zero-order valence-electron chi connectivity index (χ0n) is 11.1. The van der Waals surface area contributed by atoms with E-state index in [1.165, 1.54) is 17.0 Å². The Balaban J connectivity index is 2.44. The van der Waals surface area contributed by atoms with Crippen LogP contribution in [-0.2, 0) is 6.54 Å². The molecule has 0 spiro atoms. The lowest BCUT2D eigenvalue weighted by Crippen LogP contribution is -2.13. The van der Waals surface area contributed by atoms with Gasteiger partial charge in [0.15, 0.2) is 16.4 Å². The van der Waals surface area contributed by atoms with Crippen molar-refractivity contribution >= 4 is 27.4 Å². The van der Waals surface area contributed by atoms with Crippen LogP contribution in [0.15, 0.2) is 29.3 Å². The van der Waals surface area contributed by atoms with Crippen LogP contribution in [0, 0.1) is 24.0 Å². The molecule has 0 radical (unpaired) electrons. The van der Waals surface area contributed by atoms with E-state index in [4.69, 9.17) is 12.2 Å². The van der Waals surface area contributed by atoms with Crippen molar-refractivity contribution in [2.24, 2.45) is 0 Å².